The first kappa shape index (κ1) is 16.6. The highest BCUT2D eigenvalue weighted by Gasteiger charge is 2.06. The zero-order chi connectivity index (χ0) is 16.7. The van der Waals surface area contributed by atoms with E-state index in [0.29, 0.717) is 18.1 Å². The van der Waals surface area contributed by atoms with E-state index in [1.54, 1.807) is 0 Å². The van der Waals surface area contributed by atoms with E-state index in [2.05, 4.69) is 20.6 Å². The lowest BCUT2D eigenvalue weighted by molar-refractivity contribution is -0.114. The first-order valence-corrected chi connectivity index (χ1v) is 7.73. The Balaban J connectivity index is 1.99. The molecule has 0 bridgehead atoms. The number of aromatic nitrogens is 1. The second kappa shape index (κ2) is 8.04. The second-order valence-corrected chi connectivity index (χ2v) is 5.51. The number of nitrogens with one attached hydrogen (secondary N) is 2. The van der Waals surface area contributed by atoms with E-state index in [9.17, 15) is 9.59 Å². The highest BCUT2D eigenvalue weighted by atomic mass is 32.1. The third kappa shape index (κ3) is 5.51. The molecule has 1 aromatic heterocycles. The van der Waals surface area contributed by atoms with Crippen LogP contribution in [0.3, 0.4) is 0 Å². The molecule has 0 aliphatic rings. The molecule has 0 aliphatic heterocycles. The number of hydrogen-bond donors (Lipinski definition) is 3. The van der Waals surface area contributed by atoms with Gasteiger partial charge in [0, 0.05) is 24.4 Å². The lowest BCUT2D eigenvalue weighted by Gasteiger charge is -2.02. The summed E-state index contributed by atoms with van der Waals surface area (Å²) in [4.78, 5) is 29.6. The van der Waals surface area contributed by atoms with Gasteiger partial charge in [-0.1, -0.05) is 18.2 Å². The van der Waals surface area contributed by atoms with Crippen LogP contribution in [0.4, 0.5) is 9.93 Å². The van der Waals surface area contributed by atoms with Crippen molar-refractivity contribution in [2.45, 2.75) is 13.3 Å². The molecular formula is C15H16N4O3S. The van der Waals surface area contributed by atoms with Crippen molar-refractivity contribution in [3.05, 3.63) is 35.2 Å². The number of hydrogen-bond acceptors (Lipinski definition) is 5. The van der Waals surface area contributed by atoms with Crippen molar-refractivity contribution in [1.29, 1.82) is 0 Å². The molecule has 1 aromatic carbocycles. The second-order valence-electron chi connectivity index (χ2n) is 4.65. The van der Waals surface area contributed by atoms with Gasteiger partial charge < -0.3 is 10.4 Å². The molecule has 7 nitrogen and oxygen atoms in total. The molecule has 3 N–H and O–H groups in total. The molecule has 120 valence electrons. The lowest BCUT2D eigenvalue weighted by Crippen LogP contribution is -2.18. The number of carbonyl (C=O) groups excluding carboxylic acids is 1. The van der Waals surface area contributed by atoms with Crippen LogP contribution in [-0.4, -0.2) is 35.0 Å². The normalized spacial score (nSPS) is 10.7. The number of nitrogens with zero attached hydrogens (tertiary/aromatic N) is 2. The number of carbonyl (C=O) groups is 2. The summed E-state index contributed by atoms with van der Waals surface area (Å²) in [5.74, 6) is -0.146. The van der Waals surface area contributed by atoms with Gasteiger partial charge in [-0.15, -0.1) is 11.3 Å². The topological polar surface area (TPSA) is 104 Å². The fourth-order valence-corrected chi connectivity index (χ4v) is 2.63. The Hall–Kier alpha value is -2.74. The summed E-state index contributed by atoms with van der Waals surface area (Å²) in [7, 11) is 0. The maximum atomic E-state index is 11.0. The molecule has 0 saturated carbocycles. The van der Waals surface area contributed by atoms with Crippen LogP contribution in [0, 0.1) is 0 Å². The average molecular weight is 332 g/mol. The predicted molar refractivity (Wildman–Crippen MR) is 90.1 cm³/mol. The highest BCUT2D eigenvalue weighted by molar-refractivity contribution is 7.14. The Morgan fingerprint density at radius 1 is 1.43 bits per heavy atom. The molecule has 0 atom stereocenters. The molecule has 0 saturated heterocycles. The third-order valence-corrected chi connectivity index (χ3v) is 3.58. The van der Waals surface area contributed by atoms with E-state index in [1.165, 1.54) is 24.6 Å². The summed E-state index contributed by atoms with van der Waals surface area (Å²) in [6, 6.07) is 7.87. The van der Waals surface area contributed by atoms with E-state index in [1.807, 2.05) is 29.6 Å². The maximum Gasteiger partial charge on any atom is 0.409 e. The summed E-state index contributed by atoms with van der Waals surface area (Å²) < 4.78 is 0. The van der Waals surface area contributed by atoms with E-state index in [-0.39, 0.29) is 5.91 Å². The fraction of sp³-hybridized carbons (Fsp3) is 0.200. The predicted octanol–water partition coefficient (Wildman–Crippen LogP) is 2.61. The summed E-state index contributed by atoms with van der Waals surface area (Å²) in [5, 5.41) is 15.6. The van der Waals surface area contributed by atoms with Crippen molar-refractivity contribution in [3.8, 4) is 11.3 Å². The average Bonchev–Trinajstić information content (AvgIpc) is 2.94. The van der Waals surface area contributed by atoms with Crippen LogP contribution in [0.1, 0.15) is 12.5 Å². The molecule has 0 radical (unpaired) electrons. The number of benzene rings is 1. The van der Waals surface area contributed by atoms with Crippen LogP contribution in [-0.2, 0) is 11.2 Å². The highest BCUT2D eigenvalue weighted by Crippen LogP contribution is 2.25. The monoisotopic (exact) mass is 332 g/mol. The van der Waals surface area contributed by atoms with Crippen molar-refractivity contribution < 1.29 is 14.7 Å². The van der Waals surface area contributed by atoms with Gasteiger partial charge in [-0.3, -0.25) is 15.1 Å². The molecule has 2 rings (SSSR count). The molecule has 0 fully saturated rings. The van der Waals surface area contributed by atoms with Gasteiger partial charge in [-0.25, -0.2) is 9.78 Å². The Morgan fingerprint density at radius 2 is 2.26 bits per heavy atom. The minimum Gasteiger partial charge on any atom is -0.465 e. The standard InChI is InChI=1S/C15H16N4O3S/c1-10(20)18-14-19-13(8-23-14)12-4-2-3-11(7-12)5-6-16-9-17-15(21)22/h2-4,7-9H,5-6H2,1H3,(H,16,17)(H,21,22)(H,18,19,20). The molecular weight excluding hydrogens is 316 g/mol. The zero-order valence-electron chi connectivity index (χ0n) is 12.4. The number of thiazole rings is 1. The summed E-state index contributed by atoms with van der Waals surface area (Å²) in [5.41, 5.74) is 2.84. The smallest absolute Gasteiger partial charge is 0.409 e. The first-order valence-electron chi connectivity index (χ1n) is 6.85. The Morgan fingerprint density at radius 3 is 3.00 bits per heavy atom. The van der Waals surface area contributed by atoms with Crippen molar-refractivity contribution in [2.24, 2.45) is 4.99 Å². The van der Waals surface area contributed by atoms with Gasteiger partial charge in [0.15, 0.2) is 5.13 Å². The SMILES string of the molecule is CC(=O)Nc1nc(-c2cccc(CCN=CNC(=O)O)c2)cs1. The van der Waals surface area contributed by atoms with Crippen molar-refractivity contribution in [3.63, 3.8) is 0 Å². The maximum absolute atomic E-state index is 11.0. The summed E-state index contributed by atoms with van der Waals surface area (Å²) >= 11 is 1.38. The van der Waals surface area contributed by atoms with Crippen LogP contribution < -0.4 is 10.6 Å². The van der Waals surface area contributed by atoms with Gasteiger partial charge in [0.2, 0.25) is 5.91 Å². The number of amides is 2. The molecule has 2 aromatic rings. The van der Waals surface area contributed by atoms with E-state index >= 15 is 0 Å². The number of carboxylic acid groups (broad SMARTS) is 1. The number of aliphatic imine (C=N–C) groups is 1. The van der Waals surface area contributed by atoms with Gasteiger partial charge in [-0.05, 0) is 18.1 Å². The molecule has 0 unspecified atom stereocenters. The third-order valence-electron chi connectivity index (χ3n) is 2.82. The number of rotatable bonds is 6. The van der Waals surface area contributed by atoms with Crippen LogP contribution in [0.25, 0.3) is 11.3 Å². The van der Waals surface area contributed by atoms with Crippen LogP contribution in [0.15, 0.2) is 34.6 Å². The molecule has 0 spiro atoms. The first-order chi connectivity index (χ1) is 11.0. The van der Waals surface area contributed by atoms with Crippen molar-refractivity contribution >= 4 is 34.8 Å². The molecule has 2 amide bonds. The Labute approximate surface area is 137 Å². The summed E-state index contributed by atoms with van der Waals surface area (Å²) in [6.45, 7) is 1.93. The van der Waals surface area contributed by atoms with Crippen LogP contribution in [0.2, 0.25) is 0 Å². The van der Waals surface area contributed by atoms with Gasteiger partial charge in [0.25, 0.3) is 0 Å². The molecule has 8 heteroatoms. The Bertz CT molecular complexity index is 727. The quantitative estimate of drug-likeness (QED) is 0.558. The van der Waals surface area contributed by atoms with E-state index in [4.69, 9.17) is 5.11 Å². The minimum atomic E-state index is -1.13. The van der Waals surface area contributed by atoms with E-state index in [0.717, 1.165) is 16.8 Å². The van der Waals surface area contributed by atoms with Gasteiger partial charge >= 0.3 is 6.09 Å². The van der Waals surface area contributed by atoms with Crippen molar-refractivity contribution in [2.75, 3.05) is 11.9 Å². The summed E-state index contributed by atoms with van der Waals surface area (Å²) in [6.07, 6.45) is 0.731. The van der Waals surface area contributed by atoms with E-state index < -0.39 is 6.09 Å². The lowest BCUT2D eigenvalue weighted by atomic mass is 10.1. The molecule has 1 heterocycles. The molecule has 0 aliphatic carbocycles. The largest absolute Gasteiger partial charge is 0.465 e. The van der Waals surface area contributed by atoms with Gasteiger partial charge in [0.05, 0.1) is 12.0 Å². The minimum absolute atomic E-state index is 0.146. The Kier molecular flexibility index (Phi) is 5.81. The molecule has 23 heavy (non-hydrogen) atoms. The van der Waals surface area contributed by atoms with Crippen LogP contribution >= 0.6 is 11.3 Å². The zero-order valence-corrected chi connectivity index (χ0v) is 13.3. The van der Waals surface area contributed by atoms with Crippen LogP contribution in [0.5, 0.6) is 0 Å². The van der Waals surface area contributed by atoms with Crippen molar-refractivity contribution in [1.82, 2.24) is 10.3 Å². The van der Waals surface area contributed by atoms with Gasteiger partial charge in [0.1, 0.15) is 0 Å². The fourth-order valence-electron chi connectivity index (χ4n) is 1.86. The van der Waals surface area contributed by atoms with Gasteiger partial charge in [-0.2, -0.15) is 0 Å². The number of anilines is 1.